The Hall–Kier alpha value is -2.22. The molecule has 0 aromatic heterocycles. The van der Waals surface area contributed by atoms with Crippen LogP contribution in [0.4, 0.5) is 0 Å². The van der Waals surface area contributed by atoms with Crippen LogP contribution in [0.2, 0.25) is 0 Å². The Morgan fingerprint density at radius 1 is 0.800 bits per heavy atom. The van der Waals surface area contributed by atoms with Crippen molar-refractivity contribution in [2.75, 3.05) is 0 Å². The Morgan fingerprint density at radius 2 is 1.35 bits per heavy atom. The molecule has 20 heavy (non-hydrogen) atoms. The Kier molecular flexibility index (Phi) is 3.23. The van der Waals surface area contributed by atoms with Crippen LogP contribution >= 0.6 is 0 Å². The first-order valence-electron chi connectivity index (χ1n) is 6.85. The predicted molar refractivity (Wildman–Crippen MR) is 77.6 cm³/mol. The first-order chi connectivity index (χ1) is 9.70. The van der Waals surface area contributed by atoms with Crippen LogP contribution in [0.5, 0.6) is 0 Å². The predicted octanol–water partition coefficient (Wildman–Crippen LogP) is 3.49. The van der Waals surface area contributed by atoms with E-state index in [0.717, 1.165) is 5.56 Å². The number of Topliss-reactive ketones (excluding diaryl/α,β-unsaturated/α-hetero) is 2. The van der Waals surface area contributed by atoms with E-state index in [-0.39, 0.29) is 29.3 Å². The summed E-state index contributed by atoms with van der Waals surface area (Å²) in [5.74, 6) is -0.128. The highest BCUT2D eigenvalue weighted by Gasteiger charge is 2.57. The molecule has 1 saturated carbocycles. The first kappa shape index (κ1) is 12.8. The van der Waals surface area contributed by atoms with Crippen LogP contribution in [-0.2, 0) is 4.79 Å². The maximum absolute atomic E-state index is 12.6. The second kappa shape index (κ2) is 5.04. The number of carbonyl (C=O) groups excluding carboxylic acids is 2. The van der Waals surface area contributed by atoms with Crippen molar-refractivity contribution in [3.8, 4) is 0 Å². The molecule has 1 aliphatic rings. The van der Waals surface area contributed by atoms with Crippen LogP contribution in [0, 0.1) is 11.8 Å². The molecule has 0 aliphatic heterocycles. The third kappa shape index (κ3) is 2.18. The van der Waals surface area contributed by atoms with Crippen LogP contribution < -0.4 is 0 Å². The fourth-order valence-corrected chi connectivity index (χ4v) is 3.03. The quantitative estimate of drug-likeness (QED) is 0.792. The van der Waals surface area contributed by atoms with Crippen molar-refractivity contribution in [2.45, 2.75) is 12.8 Å². The van der Waals surface area contributed by atoms with Crippen molar-refractivity contribution in [1.82, 2.24) is 0 Å². The van der Waals surface area contributed by atoms with Gasteiger partial charge in [0.05, 0.1) is 0 Å². The minimum atomic E-state index is -0.197. The van der Waals surface area contributed by atoms with E-state index in [2.05, 4.69) is 0 Å². The lowest BCUT2D eigenvalue weighted by Crippen LogP contribution is -2.06. The van der Waals surface area contributed by atoms with Crippen molar-refractivity contribution in [3.05, 3.63) is 71.8 Å². The second-order valence-corrected chi connectivity index (χ2v) is 5.33. The van der Waals surface area contributed by atoms with Gasteiger partial charge in [-0.25, -0.2) is 0 Å². The van der Waals surface area contributed by atoms with Crippen LogP contribution in [0.25, 0.3) is 0 Å². The van der Waals surface area contributed by atoms with Gasteiger partial charge in [0.1, 0.15) is 5.78 Å². The largest absolute Gasteiger partial charge is 0.300 e. The number of benzene rings is 2. The van der Waals surface area contributed by atoms with Crippen LogP contribution in [0.15, 0.2) is 60.7 Å². The van der Waals surface area contributed by atoms with Crippen molar-refractivity contribution in [1.29, 1.82) is 0 Å². The molecule has 100 valence electrons. The first-order valence-corrected chi connectivity index (χ1v) is 6.85. The summed E-state index contributed by atoms with van der Waals surface area (Å²) in [6.45, 7) is 1.58. The zero-order valence-corrected chi connectivity index (χ0v) is 11.3. The normalized spacial score (nSPS) is 24.1. The number of rotatable bonds is 4. The van der Waals surface area contributed by atoms with E-state index in [1.165, 1.54) is 0 Å². The maximum Gasteiger partial charge on any atom is 0.167 e. The van der Waals surface area contributed by atoms with E-state index in [4.69, 9.17) is 0 Å². The monoisotopic (exact) mass is 264 g/mol. The third-order valence-electron chi connectivity index (χ3n) is 4.03. The number of hydrogen-bond donors (Lipinski definition) is 0. The molecule has 0 N–H and O–H groups in total. The minimum Gasteiger partial charge on any atom is -0.300 e. The molecule has 1 aliphatic carbocycles. The van der Waals surface area contributed by atoms with Crippen molar-refractivity contribution in [3.63, 3.8) is 0 Å². The van der Waals surface area contributed by atoms with Gasteiger partial charge in [-0.15, -0.1) is 0 Å². The molecule has 2 nitrogen and oxygen atoms in total. The van der Waals surface area contributed by atoms with E-state index in [0.29, 0.717) is 5.56 Å². The van der Waals surface area contributed by atoms with Gasteiger partial charge >= 0.3 is 0 Å². The van der Waals surface area contributed by atoms with E-state index in [9.17, 15) is 9.59 Å². The molecule has 1 fully saturated rings. The lowest BCUT2D eigenvalue weighted by molar-refractivity contribution is -0.118. The zero-order valence-electron chi connectivity index (χ0n) is 11.3. The van der Waals surface area contributed by atoms with E-state index >= 15 is 0 Å². The molecule has 0 bridgehead atoms. The zero-order chi connectivity index (χ0) is 14.1. The lowest BCUT2D eigenvalue weighted by Gasteiger charge is -2.00. The molecule has 0 radical (unpaired) electrons. The van der Waals surface area contributed by atoms with Gasteiger partial charge in [-0.2, -0.15) is 0 Å². The van der Waals surface area contributed by atoms with Crippen LogP contribution in [0.1, 0.15) is 28.8 Å². The molecule has 2 heteroatoms. The molecular formula is C18H16O2. The molecule has 0 heterocycles. The molecule has 0 spiro atoms. The Bertz CT molecular complexity index is 631. The number of ketones is 2. The third-order valence-corrected chi connectivity index (χ3v) is 4.03. The molecule has 0 saturated heterocycles. The fraction of sp³-hybridized carbons (Fsp3) is 0.222. The summed E-state index contributed by atoms with van der Waals surface area (Å²) in [6, 6.07) is 19.1. The van der Waals surface area contributed by atoms with Gasteiger partial charge < -0.3 is 0 Å². The SMILES string of the molecule is CC(=O)[C@@H]1[C@H](C(=O)c2ccccc2)[C@H]1c1ccccc1. The molecule has 3 atom stereocenters. The molecule has 2 aromatic carbocycles. The summed E-state index contributed by atoms with van der Waals surface area (Å²) in [6.07, 6.45) is 0. The molecular weight excluding hydrogens is 248 g/mol. The average molecular weight is 264 g/mol. The van der Waals surface area contributed by atoms with Gasteiger partial charge in [-0.3, -0.25) is 9.59 Å². The van der Waals surface area contributed by atoms with Gasteiger partial charge in [0.25, 0.3) is 0 Å². The molecule has 3 rings (SSSR count). The van der Waals surface area contributed by atoms with E-state index in [1.807, 2.05) is 60.7 Å². The Balaban J connectivity index is 1.90. The summed E-state index contributed by atoms with van der Waals surface area (Å²) >= 11 is 0. The maximum atomic E-state index is 12.6. The standard InChI is InChI=1S/C18H16O2/c1-12(19)15-16(13-8-4-2-5-9-13)17(15)18(20)14-10-6-3-7-11-14/h2-11,15-17H,1H3/t15-,16-,17-/m0/s1. The van der Waals surface area contributed by atoms with Crippen molar-refractivity contribution >= 4 is 11.6 Å². The molecule has 0 unspecified atom stereocenters. The van der Waals surface area contributed by atoms with Crippen molar-refractivity contribution in [2.24, 2.45) is 11.8 Å². The Labute approximate surface area is 118 Å². The minimum absolute atomic E-state index is 0.0430. The smallest absolute Gasteiger partial charge is 0.167 e. The van der Waals surface area contributed by atoms with Gasteiger partial charge in [0, 0.05) is 23.3 Å². The number of hydrogen-bond acceptors (Lipinski definition) is 2. The fourth-order valence-electron chi connectivity index (χ4n) is 3.03. The van der Waals surface area contributed by atoms with Crippen LogP contribution in [0.3, 0.4) is 0 Å². The topological polar surface area (TPSA) is 34.1 Å². The van der Waals surface area contributed by atoms with Crippen molar-refractivity contribution < 1.29 is 9.59 Å². The second-order valence-electron chi connectivity index (χ2n) is 5.33. The summed E-state index contributed by atoms with van der Waals surface area (Å²) in [5, 5.41) is 0. The number of carbonyl (C=O) groups is 2. The highest BCUT2D eigenvalue weighted by molar-refractivity contribution is 6.05. The summed E-state index contributed by atoms with van der Waals surface area (Å²) in [7, 11) is 0. The molecule has 2 aromatic rings. The average Bonchev–Trinajstić information content (AvgIpc) is 3.24. The summed E-state index contributed by atoms with van der Waals surface area (Å²) < 4.78 is 0. The van der Waals surface area contributed by atoms with Crippen LogP contribution in [-0.4, -0.2) is 11.6 Å². The summed E-state index contributed by atoms with van der Waals surface area (Å²) in [4.78, 5) is 24.3. The van der Waals surface area contributed by atoms with E-state index in [1.54, 1.807) is 6.92 Å². The highest BCUT2D eigenvalue weighted by Crippen LogP contribution is 2.55. The van der Waals surface area contributed by atoms with Gasteiger partial charge in [0.15, 0.2) is 5.78 Å². The van der Waals surface area contributed by atoms with E-state index < -0.39 is 0 Å². The summed E-state index contributed by atoms with van der Waals surface area (Å²) in [5.41, 5.74) is 1.78. The lowest BCUT2D eigenvalue weighted by atomic mass is 10.0. The Morgan fingerprint density at radius 3 is 1.90 bits per heavy atom. The highest BCUT2D eigenvalue weighted by atomic mass is 16.1. The van der Waals surface area contributed by atoms with Gasteiger partial charge in [-0.05, 0) is 12.5 Å². The van der Waals surface area contributed by atoms with Gasteiger partial charge in [-0.1, -0.05) is 60.7 Å². The molecule has 0 amide bonds. The van der Waals surface area contributed by atoms with Gasteiger partial charge in [0.2, 0.25) is 0 Å².